The molecule has 5 heterocycles. The van der Waals surface area contributed by atoms with Crippen molar-refractivity contribution in [1.29, 1.82) is 0 Å². The minimum Gasteiger partial charge on any atom is -0.485 e. The van der Waals surface area contributed by atoms with Crippen molar-refractivity contribution in [1.82, 2.24) is 34.9 Å². The van der Waals surface area contributed by atoms with E-state index in [1.54, 1.807) is 17.1 Å². The normalized spacial score (nSPS) is 21.3. The van der Waals surface area contributed by atoms with Gasteiger partial charge in [0.15, 0.2) is 37.2 Å². The van der Waals surface area contributed by atoms with Crippen LogP contribution in [0.5, 0.6) is 5.75 Å². The number of benzene rings is 1. The maximum absolute atomic E-state index is 10.4. The molecule has 2 atom stereocenters. The quantitative estimate of drug-likeness (QED) is 0.174. The molecule has 5 aromatic rings. The number of oxazole rings is 1. The van der Waals surface area contributed by atoms with Crippen LogP contribution in [0.2, 0.25) is 0 Å². The lowest BCUT2D eigenvalue weighted by molar-refractivity contribution is -0.774. The Morgan fingerprint density at radius 3 is 2.66 bits per heavy atom. The van der Waals surface area contributed by atoms with Crippen LogP contribution < -0.4 is 9.42 Å². The van der Waals surface area contributed by atoms with Crippen molar-refractivity contribution in [2.75, 3.05) is 13.2 Å². The molecule has 9 rings (SSSR count). The predicted molar refractivity (Wildman–Crippen MR) is 190 cm³/mol. The first kappa shape index (κ1) is 33.5. The Balaban J connectivity index is 0.982. The number of nitrogens with zero attached hydrogens (tertiary/aromatic N) is 8. The van der Waals surface area contributed by atoms with Crippen molar-refractivity contribution in [3.05, 3.63) is 77.9 Å². The zero-order valence-corrected chi connectivity index (χ0v) is 30.0. The van der Waals surface area contributed by atoms with E-state index in [1.165, 1.54) is 19.2 Å². The molecule has 3 aliphatic carbocycles. The Bertz CT molecular complexity index is 2270. The highest BCUT2D eigenvalue weighted by Gasteiger charge is 2.48. The lowest BCUT2D eigenvalue weighted by atomic mass is 9.96. The zero-order valence-electron chi connectivity index (χ0n) is 30.0. The van der Waals surface area contributed by atoms with E-state index in [4.69, 9.17) is 28.7 Å². The molecule has 3 saturated carbocycles. The Hall–Kier alpha value is -5.34. The molecule has 1 aromatic carbocycles. The SMILES string of the molecule is Cc1cc(C#CC2CC2)ccc1-c1c[n+](Cc2cnco2)n(C2CC2Oc2cc(C#CC3(O)CC3)cnc2-c2cn(CC3OCC(C)(C)CO3)nn2)n1. The van der Waals surface area contributed by atoms with Crippen molar-refractivity contribution in [3.8, 4) is 52.1 Å². The molecular weight excluding hydrogens is 672 g/mol. The second-order valence-electron chi connectivity index (χ2n) is 15.4. The Morgan fingerprint density at radius 1 is 1.06 bits per heavy atom. The first-order valence-electron chi connectivity index (χ1n) is 18.2. The van der Waals surface area contributed by atoms with Gasteiger partial charge in [0.2, 0.25) is 5.69 Å². The Morgan fingerprint density at radius 2 is 1.91 bits per heavy atom. The van der Waals surface area contributed by atoms with Crippen LogP contribution in [-0.4, -0.2) is 71.2 Å². The largest absolute Gasteiger partial charge is 0.485 e. The van der Waals surface area contributed by atoms with Gasteiger partial charge in [-0.05, 0) is 67.2 Å². The fourth-order valence-corrected chi connectivity index (χ4v) is 6.22. The maximum Gasteiger partial charge on any atom is 0.249 e. The molecule has 1 saturated heterocycles. The van der Waals surface area contributed by atoms with E-state index < -0.39 is 11.9 Å². The van der Waals surface area contributed by atoms with Crippen LogP contribution >= 0.6 is 0 Å². The number of ether oxygens (including phenoxy) is 3. The van der Waals surface area contributed by atoms with Gasteiger partial charge in [-0.3, -0.25) is 0 Å². The number of hydrogen-bond acceptors (Lipinski definition) is 10. The van der Waals surface area contributed by atoms with E-state index in [0.717, 1.165) is 28.8 Å². The van der Waals surface area contributed by atoms with E-state index in [1.807, 2.05) is 27.9 Å². The van der Waals surface area contributed by atoms with Crippen LogP contribution in [0.4, 0.5) is 0 Å². The minimum atomic E-state index is -0.917. The summed E-state index contributed by atoms with van der Waals surface area (Å²) in [6.07, 6.45) is 12.5. The first-order valence-corrected chi connectivity index (χ1v) is 18.2. The van der Waals surface area contributed by atoms with Gasteiger partial charge >= 0.3 is 0 Å². The third kappa shape index (κ3) is 7.74. The first-order chi connectivity index (χ1) is 25.7. The smallest absolute Gasteiger partial charge is 0.249 e. The molecule has 2 unspecified atom stereocenters. The average Bonchev–Trinajstić information content (AvgIpc) is 4.10. The van der Waals surface area contributed by atoms with E-state index >= 15 is 0 Å². The van der Waals surface area contributed by atoms with Gasteiger partial charge in [-0.2, -0.15) is 4.68 Å². The highest BCUT2D eigenvalue weighted by molar-refractivity contribution is 5.64. The molecule has 53 heavy (non-hydrogen) atoms. The van der Waals surface area contributed by atoms with Crippen LogP contribution in [0.25, 0.3) is 22.6 Å². The maximum atomic E-state index is 10.4. The van der Waals surface area contributed by atoms with Gasteiger partial charge in [-0.1, -0.05) is 42.7 Å². The number of aliphatic hydroxyl groups is 1. The van der Waals surface area contributed by atoms with E-state index in [2.05, 4.69) is 77.9 Å². The van der Waals surface area contributed by atoms with Gasteiger partial charge in [0.1, 0.15) is 28.8 Å². The number of hydrogen-bond donors (Lipinski definition) is 1. The number of aryl methyl sites for hydroxylation is 1. The van der Waals surface area contributed by atoms with Crippen molar-refractivity contribution in [2.45, 2.75) is 90.0 Å². The zero-order chi connectivity index (χ0) is 36.2. The summed E-state index contributed by atoms with van der Waals surface area (Å²) in [7, 11) is 0. The van der Waals surface area contributed by atoms with Crippen LogP contribution in [-0.2, 0) is 22.6 Å². The fraction of sp³-hybridized carbons (Fsp3) is 0.450. The van der Waals surface area contributed by atoms with Crippen molar-refractivity contribution in [3.63, 3.8) is 0 Å². The van der Waals surface area contributed by atoms with Crippen molar-refractivity contribution in [2.24, 2.45) is 11.3 Å². The van der Waals surface area contributed by atoms with Crippen LogP contribution in [0.15, 0.2) is 59.9 Å². The van der Waals surface area contributed by atoms with Crippen molar-refractivity contribution < 1.29 is 28.4 Å². The lowest BCUT2D eigenvalue weighted by Crippen LogP contribution is -2.44. The van der Waals surface area contributed by atoms with Crippen LogP contribution in [0.3, 0.4) is 0 Å². The molecular formula is C40H41N8O5+. The molecule has 0 amide bonds. The third-order valence-electron chi connectivity index (χ3n) is 9.77. The Labute approximate surface area is 307 Å². The van der Waals surface area contributed by atoms with Gasteiger partial charge in [0.25, 0.3) is 0 Å². The van der Waals surface area contributed by atoms with Gasteiger partial charge in [-0.15, -0.1) is 5.10 Å². The summed E-state index contributed by atoms with van der Waals surface area (Å²) in [4.78, 5) is 10.8. The van der Waals surface area contributed by atoms with Gasteiger partial charge < -0.3 is 23.7 Å². The number of rotatable bonds is 9. The highest BCUT2D eigenvalue weighted by atomic mass is 16.7. The Kier molecular flexibility index (Phi) is 8.38. The summed E-state index contributed by atoms with van der Waals surface area (Å²) in [6, 6.07) is 8.09. The molecule has 0 spiro atoms. The average molecular weight is 714 g/mol. The fourth-order valence-electron chi connectivity index (χ4n) is 6.22. The molecule has 0 bridgehead atoms. The topological polar surface area (TPSA) is 139 Å². The standard InChI is InChI=1S/C40H41N8O5/c1-26-14-28(7-6-27-4-5-27)8-9-31(26)32-21-47(19-30-18-41-25-52-30)48(44-32)34-16-35(34)53-36-15-29(10-11-40(49)12-13-40)17-42-38(36)33-20-46(45-43-33)22-37-50-23-39(2,3)24-51-37/h8-9,14-15,17-18,20-21,25,27,34-35,37,49H,4-5,12-13,16,19,22-24H2,1-3H3/q+1. The summed E-state index contributed by atoms with van der Waals surface area (Å²) in [5.74, 6) is 14.5. The second-order valence-corrected chi connectivity index (χ2v) is 15.4. The van der Waals surface area contributed by atoms with Crippen LogP contribution in [0.1, 0.15) is 74.4 Å². The summed E-state index contributed by atoms with van der Waals surface area (Å²) in [5, 5.41) is 24.2. The van der Waals surface area contributed by atoms with Gasteiger partial charge in [0.05, 0.1) is 32.2 Å². The summed E-state index contributed by atoms with van der Waals surface area (Å²) < 4.78 is 27.9. The highest BCUT2D eigenvalue weighted by Crippen LogP contribution is 2.41. The lowest BCUT2D eigenvalue weighted by Gasteiger charge is -2.34. The van der Waals surface area contributed by atoms with Crippen molar-refractivity contribution >= 4 is 0 Å². The van der Waals surface area contributed by atoms with Gasteiger partial charge in [0, 0.05) is 45.7 Å². The predicted octanol–water partition coefficient (Wildman–Crippen LogP) is 4.27. The summed E-state index contributed by atoms with van der Waals surface area (Å²) in [6.45, 7) is 8.39. The molecule has 13 heteroatoms. The molecule has 4 fully saturated rings. The monoisotopic (exact) mass is 713 g/mol. The molecule has 0 radical (unpaired) electrons. The molecule has 13 nitrogen and oxygen atoms in total. The molecule has 1 aliphatic heterocycles. The van der Waals surface area contributed by atoms with E-state index in [9.17, 15) is 5.11 Å². The van der Waals surface area contributed by atoms with Crippen LogP contribution in [0, 0.1) is 41.9 Å². The second kappa shape index (κ2) is 13.3. The molecule has 1 N–H and O–H groups in total. The molecule has 4 aromatic heterocycles. The minimum absolute atomic E-state index is 0.0253. The molecule has 270 valence electrons. The summed E-state index contributed by atoms with van der Waals surface area (Å²) in [5.41, 5.74) is 4.80. The number of pyridine rings is 1. The number of aromatic nitrogens is 8. The molecule has 4 aliphatic rings. The summed E-state index contributed by atoms with van der Waals surface area (Å²) >= 11 is 0. The van der Waals surface area contributed by atoms with E-state index in [0.29, 0.717) is 73.5 Å². The third-order valence-corrected chi connectivity index (χ3v) is 9.77. The van der Waals surface area contributed by atoms with E-state index in [-0.39, 0.29) is 17.6 Å². The van der Waals surface area contributed by atoms with Gasteiger partial charge in [-0.25, -0.2) is 14.6 Å².